The fourth-order valence-electron chi connectivity index (χ4n) is 1.83. The number of rotatable bonds is 6. The van der Waals surface area contributed by atoms with Crippen molar-refractivity contribution in [2.75, 3.05) is 5.32 Å². The summed E-state index contributed by atoms with van der Waals surface area (Å²) in [6.45, 7) is 6.23. The van der Waals surface area contributed by atoms with Gasteiger partial charge in [0.25, 0.3) is 0 Å². The predicted octanol–water partition coefficient (Wildman–Crippen LogP) is 4.38. The molecule has 1 aromatic rings. The molecular weight excluding hydrogens is 222 g/mol. The highest BCUT2D eigenvalue weighted by Crippen LogP contribution is 2.15. The Labute approximate surface area is 110 Å². The van der Waals surface area contributed by atoms with E-state index >= 15 is 0 Å². The molecule has 0 radical (unpaired) electrons. The number of benzene rings is 1. The maximum absolute atomic E-state index is 11.7. The second-order valence-electron chi connectivity index (χ2n) is 4.71. The molecule has 98 valence electrons. The molecule has 2 heteroatoms. The molecule has 0 bridgehead atoms. The van der Waals surface area contributed by atoms with Gasteiger partial charge in [-0.1, -0.05) is 43.5 Å². The van der Waals surface area contributed by atoms with Crippen molar-refractivity contribution in [3.8, 4) is 0 Å². The van der Waals surface area contributed by atoms with E-state index in [0.717, 1.165) is 24.1 Å². The highest BCUT2D eigenvalue weighted by Gasteiger charge is 2.01. The van der Waals surface area contributed by atoms with E-state index in [4.69, 9.17) is 0 Å². The van der Waals surface area contributed by atoms with Crippen LogP contribution in [0.15, 0.2) is 30.4 Å². The third-order valence-corrected chi connectivity index (χ3v) is 2.88. The second-order valence-corrected chi connectivity index (χ2v) is 4.71. The van der Waals surface area contributed by atoms with Gasteiger partial charge in [0.2, 0.25) is 5.91 Å². The van der Waals surface area contributed by atoms with Crippen molar-refractivity contribution in [2.45, 2.75) is 46.5 Å². The summed E-state index contributed by atoms with van der Waals surface area (Å²) in [6.07, 6.45) is 8.16. The Kier molecular flexibility index (Phi) is 6.20. The number of hydrogen-bond acceptors (Lipinski definition) is 1. The van der Waals surface area contributed by atoms with E-state index in [-0.39, 0.29) is 5.91 Å². The Morgan fingerprint density at radius 3 is 2.72 bits per heavy atom. The number of unbranched alkanes of at least 4 members (excludes halogenated alkanes) is 3. The summed E-state index contributed by atoms with van der Waals surface area (Å²) in [5.74, 6) is -0.0431. The SMILES string of the molecule is CCCCC/C=C/C(=O)Nc1ccc(C)cc1C. The Morgan fingerprint density at radius 2 is 2.06 bits per heavy atom. The van der Waals surface area contributed by atoms with Gasteiger partial charge in [-0.3, -0.25) is 4.79 Å². The van der Waals surface area contributed by atoms with Crippen LogP contribution in [0.5, 0.6) is 0 Å². The van der Waals surface area contributed by atoms with Crippen molar-refractivity contribution < 1.29 is 4.79 Å². The minimum absolute atomic E-state index is 0.0431. The molecule has 2 nitrogen and oxygen atoms in total. The zero-order chi connectivity index (χ0) is 13.4. The van der Waals surface area contributed by atoms with Gasteiger partial charge in [0.1, 0.15) is 0 Å². The Balaban J connectivity index is 2.44. The minimum atomic E-state index is -0.0431. The van der Waals surface area contributed by atoms with Crippen molar-refractivity contribution in [1.82, 2.24) is 0 Å². The molecule has 1 aromatic carbocycles. The van der Waals surface area contributed by atoms with Gasteiger partial charge in [-0.2, -0.15) is 0 Å². The predicted molar refractivity (Wildman–Crippen MR) is 77.8 cm³/mol. The topological polar surface area (TPSA) is 29.1 Å². The molecule has 1 rings (SSSR count). The van der Waals surface area contributed by atoms with Crippen LogP contribution in [0.2, 0.25) is 0 Å². The number of carbonyl (C=O) groups excluding carboxylic acids is 1. The molecule has 0 aliphatic carbocycles. The molecule has 0 aliphatic heterocycles. The molecular formula is C16H23NO. The van der Waals surface area contributed by atoms with Crippen molar-refractivity contribution in [3.63, 3.8) is 0 Å². The summed E-state index contributed by atoms with van der Waals surface area (Å²) < 4.78 is 0. The maximum Gasteiger partial charge on any atom is 0.248 e. The van der Waals surface area contributed by atoms with E-state index in [2.05, 4.69) is 18.3 Å². The Morgan fingerprint density at radius 1 is 1.28 bits per heavy atom. The molecule has 0 atom stereocenters. The van der Waals surface area contributed by atoms with Crippen molar-refractivity contribution in [2.24, 2.45) is 0 Å². The van der Waals surface area contributed by atoms with Gasteiger partial charge in [-0.05, 0) is 44.4 Å². The fraction of sp³-hybridized carbons (Fsp3) is 0.438. The van der Waals surface area contributed by atoms with Crippen LogP contribution in [0.4, 0.5) is 5.69 Å². The first-order valence-corrected chi connectivity index (χ1v) is 6.68. The Hall–Kier alpha value is -1.57. The summed E-state index contributed by atoms with van der Waals surface area (Å²) in [7, 11) is 0. The van der Waals surface area contributed by atoms with Gasteiger partial charge in [0.05, 0.1) is 0 Å². The van der Waals surface area contributed by atoms with Gasteiger partial charge in [-0.25, -0.2) is 0 Å². The van der Waals surface area contributed by atoms with Crippen molar-refractivity contribution in [1.29, 1.82) is 0 Å². The zero-order valence-electron chi connectivity index (χ0n) is 11.6. The largest absolute Gasteiger partial charge is 0.322 e. The van der Waals surface area contributed by atoms with Gasteiger partial charge >= 0.3 is 0 Å². The summed E-state index contributed by atoms with van der Waals surface area (Å²) in [5, 5.41) is 2.90. The van der Waals surface area contributed by atoms with E-state index in [1.807, 2.05) is 32.1 Å². The van der Waals surface area contributed by atoms with Gasteiger partial charge < -0.3 is 5.32 Å². The van der Waals surface area contributed by atoms with E-state index in [9.17, 15) is 4.79 Å². The third kappa shape index (κ3) is 5.17. The number of aryl methyl sites for hydroxylation is 2. The monoisotopic (exact) mass is 245 g/mol. The number of carbonyl (C=O) groups is 1. The van der Waals surface area contributed by atoms with Crippen molar-refractivity contribution in [3.05, 3.63) is 41.5 Å². The summed E-state index contributed by atoms with van der Waals surface area (Å²) in [5.41, 5.74) is 3.20. The number of amides is 1. The summed E-state index contributed by atoms with van der Waals surface area (Å²) in [4.78, 5) is 11.7. The number of anilines is 1. The van der Waals surface area contributed by atoms with Crippen LogP contribution in [0.25, 0.3) is 0 Å². The first-order chi connectivity index (χ1) is 8.63. The first kappa shape index (κ1) is 14.5. The fourth-order valence-corrected chi connectivity index (χ4v) is 1.83. The molecule has 0 unspecified atom stereocenters. The third-order valence-electron chi connectivity index (χ3n) is 2.88. The van der Waals surface area contributed by atoms with Crippen LogP contribution in [-0.2, 0) is 4.79 Å². The molecule has 18 heavy (non-hydrogen) atoms. The van der Waals surface area contributed by atoms with E-state index < -0.39 is 0 Å². The Bertz CT molecular complexity index is 421. The summed E-state index contributed by atoms with van der Waals surface area (Å²) >= 11 is 0. The average Bonchev–Trinajstić information content (AvgIpc) is 2.32. The molecule has 0 aliphatic rings. The van der Waals surface area contributed by atoms with Crippen molar-refractivity contribution >= 4 is 11.6 Å². The molecule has 0 saturated heterocycles. The lowest BCUT2D eigenvalue weighted by Crippen LogP contribution is -2.09. The van der Waals surface area contributed by atoms with Crippen LogP contribution < -0.4 is 5.32 Å². The van der Waals surface area contributed by atoms with Crippen LogP contribution in [0, 0.1) is 13.8 Å². The lowest BCUT2D eigenvalue weighted by molar-refractivity contribution is -0.111. The lowest BCUT2D eigenvalue weighted by Gasteiger charge is -2.06. The quantitative estimate of drug-likeness (QED) is 0.585. The number of allylic oxidation sites excluding steroid dienone is 1. The maximum atomic E-state index is 11.7. The molecule has 0 aromatic heterocycles. The second kappa shape index (κ2) is 7.70. The van der Waals surface area contributed by atoms with E-state index in [1.54, 1.807) is 6.08 Å². The molecule has 0 heterocycles. The van der Waals surface area contributed by atoms with E-state index in [1.165, 1.54) is 18.4 Å². The molecule has 1 N–H and O–H groups in total. The van der Waals surface area contributed by atoms with Crippen LogP contribution in [0.3, 0.4) is 0 Å². The zero-order valence-corrected chi connectivity index (χ0v) is 11.6. The molecule has 0 fully saturated rings. The normalized spacial score (nSPS) is 10.8. The molecule has 0 spiro atoms. The van der Waals surface area contributed by atoms with Gasteiger partial charge in [0, 0.05) is 5.69 Å². The average molecular weight is 245 g/mol. The van der Waals surface area contributed by atoms with Crippen LogP contribution >= 0.6 is 0 Å². The highest BCUT2D eigenvalue weighted by molar-refractivity contribution is 5.99. The van der Waals surface area contributed by atoms with Crippen LogP contribution in [0.1, 0.15) is 43.7 Å². The molecule has 0 saturated carbocycles. The minimum Gasteiger partial charge on any atom is -0.322 e. The number of nitrogens with one attached hydrogen (secondary N) is 1. The first-order valence-electron chi connectivity index (χ1n) is 6.68. The standard InChI is InChI=1S/C16H23NO/c1-4-5-6-7-8-9-16(18)17-15-11-10-13(2)12-14(15)3/h8-12H,4-7H2,1-3H3,(H,17,18)/b9-8+. The van der Waals surface area contributed by atoms with Gasteiger partial charge in [0.15, 0.2) is 0 Å². The van der Waals surface area contributed by atoms with Crippen LogP contribution in [-0.4, -0.2) is 5.91 Å². The van der Waals surface area contributed by atoms with Gasteiger partial charge in [-0.15, -0.1) is 0 Å². The highest BCUT2D eigenvalue weighted by atomic mass is 16.1. The molecule has 1 amide bonds. The summed E-state index contributed by atoms with van der Waals surface area (Å²) in [6, 6.07) is 6.03. The smallest absolute Gasteiger partial charge is 0.248 e. The lowest BCUT2D eigenvalue weighted by atomic mass is 10.1. The van der Waals surface area contributed by atoms with E-state index in [0.29, 0.717) is 0 Å². The number of hydrogen-bond donors (Lipinski definition) is 1.